The van der Waals surface area contributed by atoms with Crippen LogP contribution >= 0.6 is 11.3 Å². The van der Waals surface area contributed by atoms with Gasteiger partial charge in [-0.2, -0.15) is 0 Å². The van der Waals surface area contributed by atoms with Gasteiger partial charge in [0.2, 0.25) is 0 Å². The van der Waals surface area contributed by atoms with Crippen molar-refractivity contribution in [3.05, 3.63) is 115 Å². The molecule has 5 rings (SSSR count). The number of rotatable bonds is 6. The summed E-state index contributed by atoms with van der Waals surface area (Å²) >= 11 is 1.60. The van der Waals surface area contributed by atoms with Gasteiger partial charge in [-0.15, -0.1) is 17.9 Å². The first-order valence-corrected chi connectivity index (χ1v) is 11.9. The lowest BCUT2D eigenvalue weighted by Crippen LogP contribution is -2.34. The smallest absolute Gasteiger partial charge is 0.127 e. The Hall–Kier alpha value is -3.83. The van der Waals surface area contributed by atoms with Crippen LogP contribution in [0.3, 0.4) is 0 Å². The molecule has 1 N–H and O–H groups in total. The Morgan fingerprint density at radius 3 is 2.62 bits per heavy atom. The Balaban J connectivity index is 1.59. The van der Waals surface area contributed by atoms with E-state index >= 15 is 0 Å². The van der Waals surface area contributed by atoms with Crippen molar-refractivity contribution in [2.75, 3.05) is 5.32 Å². The van der Waals surface area contributed by atoms with Gasteiger partial charge in [0, 0.05) is 17.3 Å². The highest BCUT2D eigenvalue weighted by Gasteiger charge is 2.24. The lowest BCUT2D eigenvalue weighted by atomic mass is 9.91. The number of halogens is 1. The number of aromatic nitrogens is 2. The molecule has 1 aliphatic carbocycles. The Kier molecular flexibility index (Phi) is 5.95. The number of thiazole rings is 1. The highest BCUT2D eigenvalue weighted by Crippen LogP contribution is 2.41. The monoisotopic (exact) mass is 465 g/mol. The van der Waals surface area contributed by atoms with Crippen LogP contribution in [-0.4, -0.2) is 15.5 Å². The molecule has 0 aliphatic heterocycles. The molecule has 34 heavy (non-hydrogen) atoms. The van der Waals surface area contributed by atoms with E-state index in [4.69, 9.17) is 4.98 Å². The maximum Gasteiger partial charge on any atom is 0.127 e. The fourth-order valence-corrected chi connectivity index (χ4v) is 5.12. The van der Waals surface area contributed by atoms with Crippen molar-refractivity contribution >= 4 is 17.2 Å². The van der Waals surface area contributed by atoms with Gasteiger partial charge in [0.1, 0.15) is 16.6 Å². The summed E-state index contributed by atoms with van der Waals surface area (Å²) in [6.45, 7) is 6.10. The van der Waals surface area contributed by atoms with E-state index in [0.29, 0.717) is 0 Å². The van der Waals surface area contributed by atoms with Crippen LogP contribution in [0, 0.1) is 12.7 Å². The topological polar surface area (TPSA) is 37.8 Å². The number of pyridine rings is 1. The minimum absolute atomic E-state index is 0.257. The van der Waals surface area contributed by atoms with Gasteiger partial charge in [0.05, 0.1) is 16.1 Å². The lowest BCUT2D eigenvalue weighted by Gasteiger charge is -2.29. The molecule has 168 valence electrons. The summed E-state index contributed by atoms with van der Waals surface area (Å²) < 4.78 is 13.5. The molecule has 0 radical (unpaired) electrons. The zero-order valence-corrected chi connectivity index (χ0v) is 19.6. The lowest BCUT2D eigenvalue weighted by molar-refractivity contribution is 0.628. The van der Waals surface area contributed by atoms with Gasteiger partial charge in [0.15, 0.2) is 0 Å². The summed E-state index contributed by atoms with van der Waals surface area (Å²) in [5, 5.41) is 4.39. The van der Waals surface area contributed by atoms with E-state index in [0.717, 1.165) is 44.5 Å². The van der Waals surface area contributed by atoms with Crippen molar-refractivity contribution in [1.82, 2.24) is 9.97 Å². The molecule has 0 spiro atoms. The van der Waals surface area contributed by atoms with Crippen LogP contribution in [0.15, 0.2) is 104 Å². The predicted molar refractivity (Wildman–Crippen MR) is 140 cm³/mol. The molecule has 0 amide bonds. The summed E-state index contributed by atoms with van der Waals surface area (Å²) in [5.41, 5.74) is 4.67. The third-order valence-corrected chi connectivity index (χ3v) is 7.01. The van der Waals surface area contributed by atoms with Crippen LogP contribution in [-0.2, 0) is 0 Å². The summed E-state index contributed by atoms with van der Waals surface area (Å²) in [6, 6.07) is 18.9. The molecule has 5 heteroatoms. The van der Waals surface area contributed by atoms with Gasteiger partial charge in [-0.05, 0) is 61.4 Å². The third kappa shape index (κ3) is 4.47. The fraction of sp³-hybridized carbons (Fsp3) is 0.103. The minimum Gasteiger partial charge on any atom is -0.357 e. The third-order valence-electron chi connectivity index (χ3n) is 5.85. The van der Waals surface area contributed by atoms with Crippen LogP contribution in [0.1, 0.15) is 12.0 Å². The summed E-state index contributed by atoms with van der Waals surface area (Å²) in [4.78, 5) is 10.6. The molecule has 1 atom stereocenters. The first-order chi connectivity index (χ1) is 16.5. The average Bonchev–Trinajstić information content (AvgIpc) is 3.31. The highest BCUT2D eigenvalue weighted by atomic mass is 32.1. The van der Waals surface area contributed by atoms with Crippen molar-refractivity contribution in [2.45, 2.75) is 18.9 Å². The number of hydrogen-bond acceptors (Lipinski definition) is 4. The van der Waals surface area contributed by atoms with Gasteiger partial charge in [0.25, 0.3) is 0 Å². The van der Waals surface area contributed by atoms with E-state index in [1.165, 1.54) is 17.7 Å². The standard InChI is InChI=1S/C29H24FN3S/c1-3-29(15-5-4-6-16-29)33-25-19-23(14-17-31-25)27-26(22-9-7-8-20(2)18-22)32-28(34-27)21-10-12-24(30)13-11-21/h3-15,17-19H,1,16H2,2H3,(H,31,33)/t29-/m0/s1. The van der Waals surface area contributed by atoms with E-state index < -0.39 is 0 Å². The molecule has 2 aromatic carbocycles. The zero-order valence-electron chi connectivity index (χ0n) is 18.8. The van der Waals surface area contributed by atoms with Gasteiger partial charge >= 0.3 is 0 Å². The largest absolute Gasteiger partial charge is 0.357 e. The quantitative estimate of drug-likeness (QED) is 0.295. The fourth-order valence-electron chi connectivity index (χ4n) is 4.03. The number of hydrogen-bond donors (Lipinski definition) is 1. The number of allylic oxidation sites excluding steroid dienone is 2. The first kappa shape index (κ1) is 22.0. The Bertz CT molecular complexity index is 1400. The molecule has 3 nitrogen and oxygen atoms in total. The van der Waals surface area contributed by atoms with Crippen molar-refractivity contribution in [1.29, 1.82) is 0 Å². The predicted octanol–water partition coefficient (Wildman–Crippen LogP) is 7.84. The normalized spacial score (nSPS) is 17.0. The van der Waals surface area contributed by atoms with E-state index in [-0.39, 0.29) is 11.4 Å². The molecular weight excluding hydrogens is 441 g/mol. The second kappa shape index (κ2) is 9.20. The molecule has 0 fully saturated rings. The van der Waals surface area contributed by atoms with Crippen LogP contribution < -0.4 is 5.32 Å². The highest BCUT2D eigenvalue weighted by molar-refractivity contribution is 7.19. The Morgan fingerprint density at radius 1 is 1.03 bits per heavy atom. The van der Waals surface area contributed by atoms with Crippen molar-refractivity contribution in [2.24, 2.45) is 0 Å². The van der Waals surface area contributed by atoms with Gasteiger partial charge in [-0.1, -0.05) is 54.1 Å². The maximum absolute atomic E-state index is 13.5. The van der Waals surface area contributed by atoms with E-state index in [1.807, 2.05) is 36.6 Å². The second-order valence-corrected chi connectivity index (χ2v) is 9.36. The number of aryl methyl sites for hydroxylation is 1. The van der Waals surface area contributed by atoms with Crippen LogP contribution in [0.5, 0.6) is 0 Å². The Morgan fingerprint density at radius 2 is 1.88 bits per heavy atom. The second-order valence-electron chi connectivity index (χ2n) is 8.36. The van der Waals surface area contributed by atoms with Crippen molar-refractivity contribution < 1.29 is 4.39 Å². The van der Waals surface area contributed by atoms with Crippen LogP contribution in [0.2, 0.25) is 0 Å². The van der Waals surface area contributed by atoms with Gasteiger partial charge < -0.3 is 5.32 Å². The molecule has 0 saturated carbocycles. The SMILES string of the molecule is C=C[C@]1(Nc2cc(-c3sc(-c4ccc(F)cc4)nc3-c3cccc(C)c3)ccn2)C=CC=CC1. The average molecular weight is 466 g/mol. The van der Waals surface area contributed by atoms with Crippen molar-refractivity contribution in [3.8, 4) is 32.3 Å². The van der Waals surface area contributed by atoms with Gasteiger partial charge in [-0.25, -0.2) is 14.4 Å². The molecule has 4 aromatic rings. The van der Waals surface area contributed by atoms with Crippen LogP contribution in [0.25, 0.3) is 32.3 Å². The molecule has 2 aromatic heterocycles. The molecule has 2 heterocycles. The summed E-state index contributed by atoms with van der Waals surface area (Å²) in [7, 11) is 0. The number of nitrogens with one attached hydrogen (secondary N) is 1. The number of nitrogens with zero attached hydrogens (tertiary/aromatic N) is 2. The van der Waals surface area contributed by atoms with E-state index in [9.17, 15) is 4.39 Å². The maximum atomic E-state index is 13.5. The molecule has 0 unspecified atom stereocenters. The zero-order chi connectivity index (χ0) is 23.5. The molecule has 0 saturated heterocycles. The molecule has 1 aliphatic rings. The van der Waals surface area contributed by atoms with E-state index in [2.05, 4.69) is 60.2 Å². The molecule has 0 bridgehead atoms. The molecular formula is C29H24FN3S. The number of benzene rings is 2. The van der Waals surface area contributed by atoms with Crippen LogP contribution in [0.4, 0.5) is 10.2 Å². The number of anilines is 1. The summed E-state index contributed by atoms with van der Waals surface area (Å²) in [6.07, 6.45) is 12.8. The minimum atomic E-state index is -0.368. The first-order valence-electron chi connectivity index (χ1n) is 11.1. The van der Waals surface area contributed by atoms with Crippen molar-refractivity contribution in [3.63, 3.8) is 0 Å². The Labute approximate surface area is 203 Å². The van der Waals surface area contributed by atoms with Gasteiger partial charge in [-0.3, -0.25) is 0 Å². The van der Waals surface area contributed by atoms with E-state index in [1.54, 1.807) is 23.5 Å². The summed E-state index contributed by atoms with van der Waals surface area (Å²) in [5.74, 6) is 0.510.